The van der Waals surface area contributed by atoms with E-state index >= 15 is 0 Å². The van der Waals surface area contributed by atoms with Crippen LogP contribution < -0.4 is 0 Å². The highest BCUT2D eigenvalue weighted by molar-refractivity contribution is 5.51. The molecular formula is C19H24N4O3. The summed E-state index contributed by atoms with van der Waals surface area (Å²) < 4.78 is 11.4. The van der Waals surface area contributed by atoms with Gasteiger partial charge in [-0.3, -0.25) is 14.9 Å². The molecule has 138 valence electrons. The molecule has 1 aliphatic heterocycles. The van der Waals surface area contributed by atoms with Crippen molar-refractivity contribution in [2.75, 3.05) is 26.2 Å². The van der Waals surface area contributed by atoms with Crippen LogP contribution in [0.5, 0.6) is 0 Å². The van der Waals surface area contributed by atoms with Crippen LogP contribution in [0.2, 0.25) is 0 Å². The largest absolute Gasteiger partial charge is 0.468 e. The first-order valence-electron chi connectivity index (χ1n) is 9.00. The number of aromatic amines is 1. The first-order chi connectivity index (χ1) is 12.8. The van der Waals surface area contributed by atoms with E-state index in [1.165, 1.54) is 0 Å². The lowest BCUT2D eigenvalue weighted by atomic mass is 10.1. The summed E-state index contributed by atoms with van der Waals surface area (Å²) in [6.07, 6.45) is 4.19. The second-order valence-corrected chi connectivity index (χ2v) is 6.69. The Morgan fingerprint density at radius 1 is 1.15 bits per heavy atom. The summed E-state index contributed by atoms with van der Waals surface area (Å²) in [5, 5.41) is 16.3. The Hall–Kier alpha value is -2.35. The Labute approximate surface area is 152 Å². The predicted molar refractivity (Wildman–Crippen MR) is 96.2 cm³/mol. The molecule has 7 heteroatoms. The van der Waals surface area contributed by atoms with Crippen molar-refractivity contribution in [3.05, 3.63) is 54.3 Å². The van der Waals surface area contributed by atoms with Crippen molar-refractivity contribution < 1.29 is 13.9 Å². The lowest BCUT2D eigenvalue weighted by Crippen LogP contribution is -2.52. The average Bonchev–Trinajstić information content (AvgIpc) is 3.39. The third-order valence-electron chi connectivity index (χ3n) is 4.90. The molecule has 1 unspecified atom stereocenters. The first kappa shape index (κ1) is 17.1. The van der Waals surface area contributed by atoms with Crippen LogP contribution in [-0.2, 0) is 13.1 Å². The molecule has 4 rings (SSSR count). The van der Waals surface area contributed by atoms with E-state index in [2.05, 4.69) is 20.0 Å². The van der Waals surface area contributed by atoms with E-state index in [0.717, 1.165) is 62.1 Å². The molecule has 0 aromatic carbocycles. The summed E-state index contributed by atoms with van der Waals surface area (Å²) in [5.74, 6) is 2.72. The number of hydrogen-bond donors (Lipinski definition) is 2. The zero-order valence-electron chi connectivity index (χ0n) is 14.7. The summed E-state index contributed by atoms with van der Waals surface area (Å²) in [6, 6.07) is 10.1. The van der Waals surface area contributed by atoms with Crippen LogP contribution in [0.25, 0.3) is 11.5 Å². The summed E-state index contributed by atoms with van der Waals surface area (Å²) in [4.78, 5) is 4.78. The summed E-state index contributed by atoms with van der Waals surface area (Å²) in [7, 11) is 0. The van der Waals surface area contributed by atoms with Crippen LogP contribution in [0, 0.1) is 0 Å². The van der Waals surface area contributed by atoms with Crippen molar-refractivity contribution in [1.82, 2.24) is 20.0 Å². The van der Waals surface area contributed by atoms with Gasteiger partial charge in [0.25, 0.3) is 0 Å². The van der Waals surface area contributed by atoms with Gasteiger partial charge >= 0.3 is 0 Å². The Bertz CT molecular complexity index is 782. The summed E-state index contributed by atoms with van der Waals surface area (Å²) in [5.41, 5.74) is 0.887. The lowest BCUT2D eigenvalue weighted by molar-refractivity contribution is 0.0427. The fourth-order valence-electron chi connectivity index (χ4n) is 3.56. The number of piperazine rings is 1. The molecule has 0 saturated carbocycles. The molecule has 0 aliphatic carbocycles. The molecule has 7 nitrogen and oxygen atoms in total. The van der Waals surface area contributed by atoms with Gasteiger partial charge in [-0.05, 0) is 36.8 Å². The number of rotatable bonds is 7. The standard InChI is InChI=1S/C19H24N4O3/c24-10-6-15-12-22(8-9-23(15)14-16-2-1-11-25-16)13-17-3-4-19(26-17)18-5-7-20-21-18/h1-5,7,11,15,24H,6,8-10,12-14H2,(H,20,21). The Kier molecular flexibility index (Phi) is 5.19. The number of nitrogens with zero attached hydrogens (tertiary/aromatic N) is 3. The molecule has 0 bridgehead atoms. The third kappa shape index (κ3) is 3.90. The van der Waals surface area contributed by atoms with Gasteiger partial charge in [0.2, 0.25) is 0 Å². The summed E-state index contributed by atoms with van der Waals surface area (Å²) in [6.45, 7) is 4.56. The third-order valence-corrected chi connectivity index (χ3v) is 4.90. The fraction of sp³-hybridized carbons (Fsp3) is 0.421. The molecule has 0 spiro atoms. The molecule has 2 N–H and O–H groups in total. The van der Waals surface area contributed by atoms with Crippen molar-refractivity contribution in [3.63, 3.8) is 0 Å². The Morgan fingerprint density at radius 2 is 2.12 bits per heavy atom. The van der Waals surface area contributed by atoms with Crippen molar-refractivity contribution in [3.8, 4) is 11.5 Å². The van der Waals surface area contributed by atoms with E-state index in [0.29, 0.717) is 6.04 Å². The number of aliphatic hydroxyl groups is 1. The zero-order chi connectivity index (χ0) is 17.8. The fourth-order valence-corrected chi connectivity index (χ4v) is 3.56. The van der Waals surface area contributed by atoms with Gasteiger partial charge in [-0.2, -0.15) is 5.10 Å². The van der Waals surface area contributed by atoms with E-state index in [4.69, 9.17) is 8.83 Å². The van der Waals surface area contributed by atoms with Gasteiger partial charge in [-0.15, -0.1) is 0 Å². The van der Waals surface area contributed by atoms with Crippen LogP contribution in [0.15, 0.2) is 51.6 Å². The predicted octanol–water partition coefficient (Wildman–Crippen LogP) is 2.33. The lowest BCUT2D eigenvalue weighted by Gasteiger charge is -2.40. The summed E-state index contributed by atoms with van der Waals surface area (Å²) >= 11 is 0. The zero-order valence-corrected chi connectivity index (χ0v) is 14.7. The first-order valence-corrected chi connectivity index (χ1v) is 9.00. The van der Waals surface area contributed by atoms with Gasteiger partial charge in [-0.1, -0.05) is 0 Å². The van der Waals surface area contributed by atoms with Crippen LogP contribution in [0.1, 0.15) is 17.9 Å². The quantitative estimate of drug-likeness (QED) is 0.676. The molecule has 4 heterocycles. The van der Waals surface area contributed by atoms with Crippen molar-refractivity contribution >= 4 is 0 Å². The molecule has 0 radical (unpaired) electrons. The minimum Gasteiger partial charge on any atom is -0.468 e. The average molecular weight is 356 g/mol. The molecule has 1 saturated heterocycles. The van der Waals surface area contributed by atoms with Crippen LogP contribution in [-0.4, -0.2) is 57.4 Å². The maximum Gasteiger partial charge on any atom is 0.152 e. The van der Waals surface area contributed by atoms with Gasteiger partial charge < -0.3 is 13.9 Å². The molecule has 3 aromatic rings. The second-order valence-electron chi connectivity index (χ2n) is 6.69. The highest BCUT2D eigenvalue weighted by Gasteiger charge is 2.27. The molecular weight excluding hydrogens is 332 g/mol. The molecule has 1 fully saturated rings. The van der Waals surface area contributed by atoms with E-state index in [-0.39, 0.29) is 6.61 Å². The smallest absolute Gasteiger partial charge is 0.152 e. The number of aliphatic hydroxyl groups excluding tert-OH is 1. The molecule has 1 atom stereocenters. The molecule has 0 amide bonds. The van der Waals surface area contributed by atoms with Gasteiger partial charge in [-0.25, -0.2) is 0 Å². The Morgan fingerprint density at radius 3 is 2.88 bits per heavy atom. The van der Waals surface area contributed by atoms with Crippen molar-refractivity contribution in [1.29, 1.82) is 0 Å². The highest BCUT2D eigenvalue weighted by atomic mass is 16.3. The van der Waals surface area contributed by atoms with Gasteiger partial charge in [0.05, 0.1) is 19.4 Å². The van der Waals surface area contributed by atoms with E-state index in [1.54, 1.807) is 12.5 Å². The normalized spacial score (nSPS) is 19.2. The number of aromatic nitrogens is 2. The number of H-pyrrole nitrogens is 1. The SMILES string of the molecule is OCCC1CN(Cc2ccc(-c3ccn[nH]3)o2)CCN1Cc1ccco1. The maximum atomic E-state index is 9.45. The number of nitrogens with one attached hydrogen (secondary N) is 1. The van der Waals surface area contributed by atoms with E-state index in [1.807, 2.05) is 30.3 Å². The Balaban J connectivity index is 1.38. The van der Waals surface area contributed by atoms with E-state index in [9.17, 15) is 5.11 Å². The molecule has 3 aromatic heterocycles. The second kappa shape index (κ2) is 7.90. The highest BCUT2D eigenvalue weighted by Crippen LogP contribution is 2.23. The monoisotopic (exact) mass is 356 g/mol. The molecule has 1 aliphatic rings. The van der Waals surface area contributed by atoms with E-state index < -0.39 is 0 Å². The minimum absolute atomic E-state index is 0.192. The van der Waals surface area contributed by atoms with Gasteiger partial charge in [0.1, 0.15) is 17.2 Å². The van der Waals surface area contributed by atoms with Crippen LogP contribution >= 0.6 is 0 Å². The minimum atomic E-state index is 0.192. The number of hydrogen-bond acceptors (Lipinski definition) is 6. The van der Waals surface area contributed by atoms with Crippen molar-refractivity contribution in [2.45, 2.75) is 25.6 Å². The van der Waals surface area contributed by atoms with Crippen LogP contribution in [0.4, 0.5) is 0 Å². The molecule has 26 heavy (non-hydrogen) atoms. The van der Waals surface area contributed by atoms with Gasteiger partial charge in [0, 0.05) is 38.5 Å². The topological polar surface area (TPSA) is 81.7 Å². The maximum absolute atomic E-state index is 9.45. The van der Waals surface area contributed by atoms with Crippen molar-refractivity contribution in [2.24, 2.45) is 0 Å². The van der Waals surface area contributed by atoms with Crippen LogP contribution in [0.3, 0.4) is 0 Å². The number of furan rings is 2. The van der Waals surface area contributed by atoms with Gasteiger partial charge in [0.15, 0.2) is 5.76 Å².